The SMILES string of the molecule is Cc1nn(C)c(Oc2cc([N+](=O)[O-])ccc2Br)c1C=O. The molecule has 2 aromatic rings. The number of rotatable bonds is 4. The Balaban J connectivity index is 2.47. The zero-order valence-corrected chi connectivity index (χ0v) is 12.2. The summed E-state index contributed by atoms with van der Waals surface area (Å²) >= 11 is 3.25. The van der Waals surface area contributed by atoms with Crippen LogP contribution in [0.15, 0.2) is 22.7 Å². The number of nitro benzene ring substituents is 1. The normalized spacial score (nSPS) is 10.3. The molecule has 0 aliphatic carbocycles. The molecule has 0 aliphatic rings. The Labute approximate surface area is 122 Å². The van der Waals surface area contributed by atoms with E-state index >= 15 is 0 Å². The quantitative estimate of drug-likeness (QED) is 0.485. The summed E-state index contributed by atoms with van der Waals surface area (Å²) in [5.41, 5.74) is 0.736. The van der Waals surface area contributed by atoms with Crippen molar-refractivity contribution in [3.63, 3.8) is 0 Å². The van der Waals surface area contributed by atoms with Gasteiger partial charge in [0, 0.05) is 13.1 Å². The van der Waals surface area contributed by atoms with Gasteiger partial charge in [0.2, 0.25) is 5.88 Å². The van der Waals surface area contributed by atoms with Gasteiger partial charge in [-0.2, -0.15) is 5.10 Å². The Morgan fingerprint density at radius 3 is 2.80 bits per heavy atom. The minimum atomic E-state index is -0.519. The highest BCUT2D eigenvalue weighted by Crippen LogP contribution is 2.34. The number of carbonyl (C=O) groups is 1. The van der Waals surface area contributed by atoms with Crippen LogP contribution in [0.3, 0.4) is 0 Å². The maximum absolute atomic E-state index is 11.1. The summed E-state index contributed by atoms with van der Waals surface area (Å²) in [5.74, 6) is 0.476. The van der Waals surface area contributed by atoms with Crippen molar-refractivity contribution >= 4 is 27.9 Å². The number of halogens is 1. The van der Waals surface area contributed by atoms with Crippen LogP contribution in [0.25, 0.3) is 0 Å². The number of benzene rings is 1. The minimum absolute atomic E-state index is 0.102. The van der Waals surface area contributed by atoms with Crippen molar-refractivity contribution in [2.45, 2.75) is 6.92 Å². The zero-order chi connectivity index (χ0) is 14.9. The molecule has 1 heterocycles. The molecule has 0 spiro atoms. The number of aldehydes is 1. The Kier molecular flexibility index (Phi) is 3.84. The molecular formula is C12H10BrN3O4. The summed E-state index contributed by atoms with van der Waals surface area (Å²) in [7, 11) is 1.63. The van der Waals surface area contributed by atoms with Gasteiger partial charge >= 0.3 is 0 Å². The molecule has 0 aliphatic heterocycles. The number of aromatic nitrogens is 2. The van der Waals surface area contributed by atoms with Gasteiger partial charge in [-0.3, -0.25) is 14.9 Å². The average molecular weight is 340 g/mol. The van der Waals surface area contributed by atoms with Crippen LogP contribution in [0, 0.1) is 17.0 Å². The molecule has 0 unspecified atom stereocenters. The highest BCUT2D eigenvalue weighted by Gasteiger charge is 2.18. The highest BCUT2D eigenvalue weighted by molar-refractivity contribution is 9.10. The van der Waals surface area contributed by atoms with Crippen LogP contribution >= 0.6 is 15.9 Å². The van der Waals surface area contributed by atoms with E-state index in [1.54, 1.807) is 14.0 Å². The van der Waals surface area contributed by atoms with Gasteiger partial charge in [-0.15, -0.1) is 0 Å². The lowest BCUT2D eigenvalue weighted by Crippen LogP contribution is -1.98. The van der Waals surface area contributed by atoms with Crippen molar-refractivity contribution in [3.8, 4) is 11.6 Å². The van der Waals surface area contributed by atoms with E-state index < -0.39 is 4.92 Å². The smallest absolute Gasteiger partial charge is 0.273 e. The summed E-state index contributed by atoms with van der Waals surface area (Å²) in [6.07, 6.45) is 0.642. The largest absolute Gasteiger partial charge is 0.437 e. The number of nitrogens with zero attached hydrogens (tertiary/aromatic N) is 3. The van der Waals surface area contributed by atoms with Crippen LogP contribution in [0.2, 0.25) is 0 Å². The second-order valence-corrected chi connectivity index (χ2v) is 4.87. The maximum Gasteiger partial charge on any atom is 0.273 e. The van der Waals surface area contributed by atoms with Crippen LogP contribution in [-0.2, 0) is 7.05 Å². The second kappa shape index (κ2) is 5.41. The standard InChI is InChI=1S/C12H10BrN3O4/c1-7-9(6-17)12(15(2)14-7)20-11-5-8(16(18)19)3-4-10(11)13/h3-6H,1-2H3. The van der Waals surface area contributed by atoms with E-state index in [9.17, 15) is 14.9 Å². The fraction of sp³-hybridized carbons (Fsp3) is 0.167. The maximum atomic E-state index is 11.1. The fourth-order valence-corrected chi connectivity index (χ4v) is 2.03. The average Bonchev–Trinajstić information content (AvgIpc) is 2.66. The molecule has 0 fully saturated rings. The van der Waals surface area contributed by atoms with Gasteiger partial charge in [-0.25, -0.2) is 4.68 Å². The van der Waals surface area contributed by atoms with Gasteiger partial charge in [-0.1, -0.05) is 0 Å². The molecule has 7 nitrogen and oxygen atoms in total. The molecule has 0 radical (unpaired) electrons. The Morgan fingerprint density at radius 2 is 2.20 bits per heavy atom. The number of carbonyl (C=O) groups excluding carboxylic acids is 1. The first-order valence-electron chi connectivity index (χ1n) is 5.54. The third-order valence-electron chi connectivity index (χ3n) is 2.66. The van der Waals surface area contributed by atoms with Crippen molar-refractivity contribution in [3.05, 3.63) is 44.0 Å². The molecule has 20 heavy (non-hydrogen) atoms. The number of aryl methyl sites for hydroxylation is 2. The van der Waals surface area contributed by atoms with Gasteiger partial charge in [-0.05, 0) is 28.9 Å². The Hall–Kier alpha value is -2.22. The van der Waals surface area contributed by atoms with Gasteiger partial charge < -0.3 is 4.74 Å². The number of nitro groups is 1. The highest BCUT2D eigenvalue weighted by atomic mass is 79.9. The van der Waals surface area contributed by atoms with Crippen LogP contribution in [-0.4, -0.2) is 21.0 Å². The third-order valence-corrected chi connectivity index (χ3v) is 3.32. The fourth-order valence-electron chi connectivity index (χ4n) is 1.70. The van der Waals surface area contributed by atoms with E-state index in [1.165, 1.54) is 22.9 Å². The molecular weight excluding hydrogens is 330 g/mol. The summed E-state index contributed by atoms with van der Waals surface area (Å²) in [4.78, 5) is 21.3. The molecule has 0 atom stereocenters. The number of hydrogen-bond donors (Lipinski definition) is 0. The summed E-state index contributed by atoms with van der Waals surface area (Å²) < 4.78 is 7.54. The first-order valence-corrected chi connectivity index (χ1v) is 6.34. The van der Waals surface area contributed by atoms with Crippen molar-refractivity contribution in [2.24, 2.45) is 7.05 Å². The van der Waals surface area contributed by atoms with Crippen molar-refractivity contribution in [1.29, 1.82) is 0 Å². The molecule has 8 heteroatoms. The Bertz CT molecular complexity index is 696. The second-order valence-electron chi connectivity index (χ2n) is 4.02. The molecule has 0 saturated carbocycles. The van der Waals surface area contributed by atoms with E-state index in [-0.39, 0.29) is 17.3 Å². The molecule has 2 rings (SSSR count). The van der Waals surface area contributed by atoms with E-state index in [1.807, 2.05) is 0 Å². The van der Waals surface area contributed by atoms with Crippen LogP contribution in [0.4, 0.5) is 5.69 Å². The van der Waals surface area contributed by atoms with Crippen molar-refractivity contribution < 1.29 is 14.5 Å². The molecule has 0 bridgehead atoms. The molecule has 1 aromatic carbocycles. The minimum Gasteiger partial charge on any atom is -0.437 e. The molecule has 0 amide bonds. The van der Waals surface area contributed by atoms with E-state index in [0.717, 1.165) is 0 Å². The van der Waals surface area contributed by atoms with E-state index in [0.29, 0.717) is 22.0 Å². The van der Waals surface area contributed by atoms with Crippen LogP contribution < -0.4 is 4.74 Å². The van der Waals surface area contributed by atoms with E-state index in [4.69, 9.17) is 4.74 Å². The predicted octanol–water partition coefficient (Wildman–Crippen LogP) is 3.00. The topological polar surface area (TPSA) is 87.3 Å². The van der Waals surface area contributed by atoms with Crippen LogP contribution in [0.1, 0.15) is 16.1 Å². The van der Waals surface area contributed by atoms with Crippen LogP contribution in [0.5, 0.6) is 11.6 Å². The first kappa shape index (κ1) is 14.2. The lowest BCUT2D eigenvalue weighted by atomic mass is 10.3. The number of hydrogen-bond acceptors (Lipinski definition) is 5. The number of non-ortho nitro benzene ring substituents is 1. The number of ether oxygens (including phenoxy) is 1. The summed E-state index contributed by atoms with van der Waals surface area (Å²) in [6, 6.07) is 4.14. The van der Waals surface area contributed by atoms with Crippen molar-refractivity contribution in [2.75, 3.05) is 0 Å². The van der Waals surface area contributed by atoms with Gasteiger partial charge in [0.1, 0.15) is 0 Å². The molecule has 0 N–H and O–H groups in total. The first-order chi connectivity index (χ1) is 9.43. The predicted molar refractivity (Wildman–Crippen MR) is 74.2 cm³/mol. The van der Waals surface area contributed by atoms with E-state index in [2.05, 4.69) is 21.0 Å². The lowest BCUT2D eigenvalue weighted by molar-refractivity contribution is -0.384. The lowest BCUT2D eigenvalue weighted by Gasteiger charge is -2.08. The zero-order valence-electron chi connectivity index (χ0n) is 10.7. The third kappa shape index (κ3) is 2.55. The monoisotopic (exact) mass is 339 g/mol. The van der Waals surface area contributed by atoms with Gasteiger partial charge in [0.15, 0.2) is 12.0 Å². The molecule has 104 valence electrons. The Morgan fingerprint density at radius 1 is 1.50 bits per heavy atom. The van der Waals surface area contributed by atoms with Crippen molar-refractivity contribution in [1.82, 2.24) is 9.78 Å². The summed E-state index contributed by atoms with van der Waals surface area (Å²) in [6.45, 7) is 1.68. The molecule has 1 aromatic heterocycles. The molecule has 0 saturated heterocycles. The summed E-state index contributed by atoms with van der Waals surface area (Å²) in [5, 5.41) is 14.8. The van der Waals surface area contributed by atoms with Gasteiger partial charge in [0.25, 0.3) is 5.69 Å². The van der Waals surface area contributed by atoms with Gasteiger partial charge in [0.05, 0.1) is 26.7 Å².